The van der Waals surface area contributed by atoms with E-state index < -0.39 is 11.8 Å². The van der Waals surface area contributed by atoms with E-state index in [-0.39, 0.29) is 10.7 Å². The van der Waals surface area contributed by atoms with Crippen LogP contribution in [0.1, 0.15) is 10.5 Å². The Morgan fingerprint density at radius 1 is 1.50 bits per heavy atom. The fourth-order valence-electron chi connectivity index (χ4n) is 1.25. The second-order valence-electron chi connectivity index (χ2n) is 3.06. The first-order valence-electron chi connectivity index (χ1n) is 4.32. The Hall–Kier alpha value is -1.88. The van der Waals surface area contributed by atoms with Crippen LogP contribution >= 0.6 is 11.6 Å². The van der Waals surface area contributed by atoms with E-state index in [1.54, 1.807) is 6.07 Å². The van der Waals surface area contributed by atoms with E-state index in [1.807, 2.05) is 0 Å². The summed E-state index contributed by atoms with van der Waals surface area (Å²) in [6.07, 6.45) is 1.32. The summed E-state index contributed by atoms with van der Waals surface area (Å²) in [4.78, 5) is 10.7. The number of carbonyl (C=O) groups is 1. The number of benzene rings is 1. The summed E-state index contributed by atoms with van der Waals surface area (Å²) in [6, 6.07) is 5.61. The van der Waals surface area contributed by atoms with Crippen molar-refractivity contribution >= 4 is 17.6 Å². The Morgan fingerprint density at radius 3 is 2.81 bits per heavy atom. The summed E-state index contributed by atoms with van der Waals surface area (Å²) in [5.74, 6) is -1.65. The average molecular weight is 241 g/mol. The maximum absolute atomic E-state index is 12.9. The highest BCUT2D eigenvalue weighted by atomic mass is 35.5. The third-order valence-corrected chi connectivity index (χ3v) is 2.22. The zero-order chi connectivity index (χ0) is 11.7. The number of rotatable bonds is 2. The molecule has 0 aliphatic carbocycles. The molecular weight excluding hydrogens is 235 g/mol. The molecule has 0 spiro atoms. The standard InChI is InChI=1S/C10H6ClFN2O2/c11-8-5-14(13-9(8)10(15)16)7-3-1-2-6(12)4-7/h1-5H,(H,15,16). The Morgan fingerprint density at radius 2 is 2.25 bits per heavy atom. The van der Waals surface area contributed by atoms with Gasteiger partial charge in [0.25, 0.3) is 0 Å². The number of aromatic carboxylic acids is 1. The van der Waals surface area contributed by atoms with E-state index in [1.165, 1.54) is 29.1 Å². The number of aromatic nitrogens is 2. The van der Waals surface area contributed by atoms with Crippen molar-refractivity contribution in [3.8, 4) is 5.69 Å². The molecule has 2 rings (SSSR count). The summed E-state index contributed by atoms with van der Waals surface area (Å²) in [5.41, 5.74) is 0.153. The van der Waals surface area contributed by atoms with Crippen LogP contribution in [0.4, 0.5) is 4.39 Å². The molecular formula is C10H6ClFN2O2. The molecule has 82 valence electrons. The number of carboxylic acids is 1. The number of carboxylic acid groups (broad SMARTS) is 1. The lowest BCUT2D eigenvalue weighted by Gasteiger charge is -1.99. The van der Waals surface area contributed by atoms with Gasteiger partial charge in [-0.2, -0.15) is 5.10 Å². The van der Waals surface area contributed by atoms with Crippen LogP contribution in [0, 0.1) is 5.82 Å². The maximum Gasteiger partial charge on any atom is 0.357 e. The van der Waals surface area contributed by atoms with Gasteiger partial charge in [-0.25, -0.2) is 13.9 Å². The lowest BCUT2D eigenvalue weighted by molar-refractivity contribution is 0.0690. The number of hydrogen-bond acceptors (Lipinski definition) is 2. The Kier molecular flexibility index (Phi) is 2.62. The van der Waals surface area contributed by atoms with E-state index in [2.05, 4.69) is 5.10 Å². The Balaban J connectivity index is 2.49. The maximum atomic E-state index is 12.9. The highest BCUT2D eigenvalue weighted by Gasteiger charge is 2.14. The van der Waals surface area contributed by atoms with Crippen LogP contribution < -0.4 is 0 Å². The van der Waals surface area contributed by atoms with Crippen molar-refractivity contribution in [3.05, 3.63) is 47.0 Å². The molecule has 6 heteroatoms. The first-order chi connectivity index (χ1) is 7.58. The fourth-order valence-corrected chi connectivity index (χ4v) is 1.46. The fraction of sp³-hybridized carbons (Fsp3) is 0. The molecule has 1 aromatic carbocycles. The number of hydrogen-bond donors (Lipinski definition) is 1. The highest BCUT2D eigenvalue weighted by Crippen LogP contribution is 2.17. The van der Waals surface area contributed by atoms with E-state index >= 15 is 0 Å². The molecule has 0 atom stereocenters. The predicted molar refractivity (Wildman–Crippen MR) is 55.5 cm³/mol. The monoisotopic (exact) mass is 240 g/mol. The third-order valence-electron chi connectivity index (χ3n) is 1.94. The number of nitrogens with zero attached hydrogens (tertiary/aromatic N) is 2. The summed E-state index contributed by atoms with van der Waals surface area (Å²) in [5, 5.41) is 12.5. The molecule has 1 heterocycles. The van der Waals surface area contributed by atoms with E-state index in [0.717, 1.165) is 0 Å². The van der Waals surface area contributed by atoms with Gasteiger partial charge in [-0.3, -0.25) is 0 Å². The van der Waals surface area contributed by atoms with Crippen LogP contribution in [0.3, 0.4) is 0 Å². The van der Waals surface area contributed by atoms with Crippen LogP contribution in [-0.2, 0) is 0 Å². The van der Waals surface area contributed by atoms with Crippen molar-refractivity contribution in [2.24, 2.45) is 0 Å². The lowest BCUT2D eigenvalue weighted by atomic mass is 10.3. The van der Waals surface area contributed by atoms with Gasteiger partial charge in [0, 0.05) is 0 Å². The molecule has 0 saturated carbocycles. The van der Waals surface area contributed by atoms with Gasteiger partial charge in [-0.1, -0.05) is 17.7 Å². The zero-order valence-corrected chi connectivity index (χ0v) is 8.65. The lowest BCUT2D eigenvalue weighted by Crippen LogP contribution is -2.01. The van der Waals surface area contributed by atoms with Crippen molar-refractivity contribution in [1.82, 2.24) is 9.78 Å². The molecule has 0 saturated heterocycles. The minimum Gasteiger partial charge on any atom is -0.476 e. The molecule has 0 fully saturated rings. The van der Waals surface area contributed by atoms with Gasteiger partial charge in [0.2, 0.25) is 0 Å². The smallest absolute Gasteiger partial charge is 0.357 e. The minimum absolute atomic E-state index is 0.0109. The zero-order valence-electron chi connectivity index (χ0n) is 7.89. The number of halogens is 2. The molecule has 1 aromatic heterocycles. The van der Waals surface area contributed by atoms with Crippen molar-refractivity contribution < 1.29 is 14.3 Å². The van der Waals surface area contributed by atoms with Gasteiger partial charge in [0.05, 0.1) is 16.9 Å². The predicted octanol–water partition coefficient (Wildman–Crippen LogP) is 2.36. The molecule has 0 unspecified atom stereocenters. The highest BCUT2D eigenvalue weighted by molar-refractivity contribution is 6.33. The summed E-state index contributed by atoms with van der Waals surface area (Å²) in [6.45, 7) is 0. The van der Waals surface area contributed by atoms with Crippen molar-refractivity contribution in [1.29, 1.82) is 0 Å². The second-order valence-corrected chi connectivity index (χ2v) is 3.46. The van der Waals surface area contributed by atoms with Crippen molar-refractivity contribution in [2.75, 3.05) is 0 Å². The summed E-state index contributed by atoms with van der Waals surface area (Å²) in [7, 11) is 0. The van der Waals surface area contributed by atoms with E-state index in [4.69, 9.17) is 16.7 Å². The Bertz CT molecular complexity index is 554. The topological polar surface area (TPSA) is 55.1 Å². The molecule has 16 heavy (non-hydrogen) atoms. The van der Waals surface area contributed by atoms with Crippen LogP contribution in [0.2, 0.25) is 5.02 Å². The van der Waals surface area contributed by atoms with Gasteiger partial charge in [-0.15, -0.1) is 0 Å². The van der Waals surface area contributed by atoms with Crippen LogP contribution in [-0.4, -0.2) is 20.9 Å². The molecule has 0 aliphatic rings. The molecule has 0 radical (unpaired) electrons. The van der Waals surface area contributed by atoms with Crippen LogP contribution in [0.25, 0.3) is 5.69 Å². The van der Waals surface area contributed by atoms with Crippen molar-refractivity contribution in [3.63, 3.8) is 0 Å². The SMILES string of the molecule is O=C(O)c1nn(-c2cccc(F)c2)cc1Cl. The molecule has 0 amide bonds. The quantitative estimate of drug-likeness (QED) is 0.877. The normalized spacial score (nSPS) is 10.4. The largest absolute Gasteiger partial charge is 0.476 e. The summed E-state index contributed by atoms with van der Waals surface area (Å²) >= 11 is 5.67. The molecule has 4 nitrogen and oxygen atoms in total. The molecule has 0 bridgehead atoms. The summed E-state index contributed by atoms with van der Waals surface area (Å²) < 4.78 is 14.1. The minimum atomic E-state index is -1.22. The van der Waals surface area contributed by atoms with Gasteiger partial charge in [-0.05, 0) is 18.2 Å². The van der Waals surface area contributed by atoms with E-state index in [9.17, 15) is 9.18 Å². The van der Waals surface area contributed by atoms with Crippen LogP contribution in [0.15, 0.2) is 30.5 Å². The van der Waals surface area contributed by atoms with Gasteiger partial charge in [0.15, 0.2) is 5.69 Å². The average Bonchev–Trinajstić information content (AvgIpc) is 2.60. The molecule has 0 aliphatic heterocycles. The first kappa shape index (κ1) is 10.6. The van der Waals surface area contributed by atoms with Crippen LogP contribution in [0.5, 0.6) is 0 Å². The molecule has 1 N–H and O–H groups in total. The molecule has 2 aromatic rings. The van der Waals surface area contributed by atoms with Crippen molar-refractivity contribution in [2.45, 2.75) is 0 Å². The Labute approximate surface area is 94.9 Å². The third kappa shape index (κ3) is 1.90. The van der Waals surface area contributed by atoms with Gasteiger partial charge in [0.1, 0.15) is 5.82 Å². The van der Waals surface area contributed by atoms with Gasteiger partial charge < -0.3 is 5.11 Å². The first-order valence-corrected chi connectivity index (χ1v) is 4.70. The van der Waals surface area contributed by atoms with E-state index in [0.29, 0.717) is 5.69 Å². The van der Waals surface area contributed by atoms with Gasteiger partial charge >= 0.3 is 5.97 Å². The second kappa shape index (κ2) is 3.94.